The van der Waals surface area contributed by atoms with Crippen LogP contribution in [0.5, 0.6) is 0 Å². The Balaban J connectivity index is 1.55. The number of piperazine rings is 1. The summed E-state index contributed by atoms with van der Waals surface area (Å²) in [5.74, 6) is -0.430. The smallest absolute Gasteiger partial charge is 0.362 e. The maximum Gasteiger partial charge on any atom is 0.416 e. The van der Waals surface area contributed by atoms with Gasteiger partial charge < -0.3 is 15.1 Å². The molecule has 3 rings (SSSR count). The lowest BCUT2D eigenvalue weighted by atomic mass is 10.1. The van der Waals surface area contributed by atoms with E-state index in [1.165, 1.54) is 11.3 Å². The first-order valence-corrected chi connectivity index (χ1v) is 10.3. The standard InChI is InChI=1S/C19H19F3N4O4S/c20-19(21,22)14-1-2-15(16(11-14)26(29)30)24-6-8-25(9-7-24)17(27)3-5-23-18(28)13-4-10-31-12-13/h1-2,4,10-12H,3,5-9H2,(H,23,28). The number of nitrogens with zero attached hydrogens (tertiary/aromatic N) is 3. The largest absolute Gasteiger partial charge is 0.416 e. The van der Waals surface area contributed by atoms with Crippen molar-refractivity contribution in [2.75, 3.05) is 37.6 Å². The summed E-state index contributed by atoms with van der Waals surface area (Å²) in [4.78, 5) is 37.9. The van der Waals surface area contributed by atoms with E-state index in [0.29, 0.717) is 11.6 Å². The molecule has 0 atom stereocenters. The Hall–Kier alpha value is -3.15. The van der Waals surface area contributed by atoms with Crippen LogP contribution in [0.15, 0.2) is 35.0 Å². The number of amides is 2. The molecule has 12 heteroatoms. The Bertz CT molecular complexity index is 958. The number of alkyl halides is 3. The molecule has 166 valence electrons. The minimum Gasteiger partial charge on any atom is -0.362 e. The lowest BCUT2D eigenvalue weighted by Gasteiger charge is -2.36. The molecule has 2 aromatic rings. The van der Waals surface area contributed by atoms with Gasteiger partial charge in [0.05, 0.1) is 10.5 Å². The molecule has 1 aliphatic rings. The number of halogens is 3. The van der Waals surface area contributed by atoms with Gasteiger partial charge in [0.25, 0.3) is 11.6 Å². The summed E-state index contributed by atoms with van der Waals surface area (Å²) in [6.07, 6.45) is -4.57. The molecule has 1 fully saturated rings. The number of carbonyl (C=O) groups is 2. The number of rotatable bonds is 6. The van der Waals surface area contributed by atoms with Crippen LogP contribution in [-0.2, 0) is 11.0 Å². The van der Waals surface area contributed by atoms with E-state index in [-0.39, 0.29) is 56.6 Å². The van der Waals surface area contributed by atoms with Gasteiger partial charge in [-0.2, -0.15) is 24.5 Å². The van der Waals surface area contributed by atoms with Crippen LogP contribution in [0.4, 0.5) is 24.5 Å². The third-order valence-corrected chi connectivity index (χ3v) is 5.56. The Morgan fingerprint density at radius 3 is 2.45 bits per heavy atom. The highest BCUT2D eigenvalue weighted by atomic mass is 32.1. The van der Waals surface area contributed by atoms with Crippen molar-refractivity contribution in [3.8, 4) is 0 Å². The van der Waals surface area contributed by atoms with Crippen LogP contribution in [0.1, 0.15) is 22.3 Å². The van der Waals surface area contributed by atoms with Gasteiger partial charge in [-0.05, 0) is 23.6 Å². The first kappa shape index (κ1) is 22.5. The highest BCUT2D eigenvalue weighted by molar-refractivity contribution is 7.08. The van der Waals surface area contributed by atoms with Crippen molar-refractivity contribution in [3.63, 3.8) is 0 Å². The summed E-state index contributed by atoms with van der Waals surface area (Å²) in [6, 6.07) is 4.12. The number of nitro groups is 1. The topological polar surface area (TPSA) is 95.8 Å². The van der Waals surface area contributed by atoms with Gasteiger partial charge in [0.1, 0.15) is 5.69 Å². The van der Waals surface area contributed by atoms with Gasteiger partial charge in [-0.15, -0.1) is 0 Å². The molecule has 1 aromatic heterocycles. The summed E-state index contributed by atoms with van der Waals surface area (Å²) < 4.78 is 38.6. The monoisotopic (exact) mass is 456 g/mol. The Morgan fingerprint density at radius 2 is 1.87 bits per heavy atom. The van der Waals surface area contributed by atoms with E-state index >= 15 is 0 Å². The van der Waals surface area contributed by atoms with Crippen molar-refractivity contribution in [3.05, 3.63) is 56.3 Å². The Kier molecular flexibility index (Phi) is 6.78. The molecule has 8 nitrogen and oxygen atoms in total. The fourth-order valence-corrected chi connectivity index (χ4v) is 3.88. The number of benzene rings is 1. The number of anilines is 1. The zero-order chi connectivity index (χ0) is 22.6. The summed E-state index contributed by atoms with van der Waals surface area (Å²) in [7, 11) is 0. The Labute approximate surface area is 179 Å². The summed E-state index contributed by atoms with van der Waals surface area (Å²) in [5.41, 5.74) is -1.08. The third kappa shape index (κ3) is 5.51. The van der Waals surface area contributed by atoms with E-state index in [0.717, 1.165) is 12.1 Å². The molecule has 0 unspecified atom stereocenters. The number of carbonyl (C=O) groups excluding carboxylic acids is 2. The van der Waals surface area contributed by atoms with E-state index in [4.69, 9.17) is 0 Å². The molecule has 0 saturated carbocycles. The molecule has 2 amide bonds. The fraction of sp³-hybridized carbons (Fsp3) is 0.368. The number of nitrogens with one attached hydrogen (secondary N) is 1. The molecule has 0 spiro atoms. The molecule has 31 heavy (non-hydrogen) atoms. The fourth-order valence-electron chi connectivity index (χ4n) is 3.25. The molecule has 1 saturated heterocycles. The van der Waals surface area contributed by atoms with Crippen molar-refractivity contribution < 1.29 is 27.7 Å². The maximum atomic E-state index is 12.9. The van der Waals surface area contributed by atoms with Crippen LogP contribution in [0.3, 0.4) is 0 Å². The molecule has 0 radical (unpaired) electrons. The first-order chi connectivity index (χ1) is 14.7. The van der Waals surface area contributed by atoms with Gasteiger partial charge in [0.15, 0.2) is 0 Å². The van der Waals surface area contributed by atoms with Gasteiger partial charge in [0, 0.05) is 56.2 Å². The van der Waals surface area contributed by atoms with E-state index in [2.05, 4.69) is 5.32 Å². The summed E-state index contributed by atoms with van der Waals surface area (Å²) >= 11 is 1.39. The molecule has 1 aromatic carbocycles. The zero-order valence-corrected chi connectivity index (χ0v) is 17.0. The van der Waals surface area contributed by atoms with Crippen molar-refractivity contribution >= 4 is 34.5 Å². The normalized spacial score (nSPS) is 14.4. The minimum absolute atomic E-state index is 0.0909. The van der Waals surface area contributed by atoms with Gasteiger partial charge in [-0.1, -0.05) is 0 Å². The average Bonchev–Trinajstić information content (AvgIpc) is 3.27. The predicted octanol–water partition coefficient (Wildman–Crippen LogP) is 3.14. The zero-order valence-electron chi connectivity index (χ0n) is 16.2. The summed E-state index contributed by atoms with van der Waals surface area (Å²) in [6.45, 7) is 1.22. The highest BCUT2D eigenvalue weighted by Crippen LogP contribution is 2.36. The van der Waals surface area contributed by atoms with Crippen LogP contribution in [0.25, 0.3) is 0 Å². The van der Waals surface area contributed by atoms with E-state index < -0.39 is 22.4 Å². The van der Waals surface area contributed by atoms with Gasteiger partial charge in [-0.25, -0.2) is 0 Å². The summed E-state index contributed by atoms with van der Waals surface area (Å²) in [5, 5.41) is 17.4. The third-order valence-electron chi connectivity index (χ3n) is 4.88. The number of hydrogen-bond donors (Lipinski definition) is 1. The maximum absolute atomic E-state index is 12.9. The van der Waals surface area contributed by atoms with Crippen LogP contribution < -0.4 is 10.2 Å². The van der Waals surface area contributed by atoms with Gasteiger partial charge >= 0.3 is 6.18 Å². The molecular formula is C19H19F3N4O4S. The molecule has 0 aliphatic carbocycles. The minimum atomic E-state index is -4.67. The van der Waals surface area contributed by atoms with Gasteiger partial charge in [0.2, 0.25) is 5.91 Å². The lowest BCUT2D eigenvalue weighted by molar-refractivity contribution is -0.384. The Morgan fingerprint density at radius 1 is 1.16 bits per heavy atom. The van der Waals surface area contributed by atoms with Crippen LogP contribution in [-0.4, -0.2) is 54.4 Å². The SMILES string of the molecule is O=C(NCCC(=O)N1CCN(c2ccc(C(F)(F)F)cc2[N+](=O)[O-])CC1)c1ccsc1. The first-order valence-electron chi connectivity index (χ1n) is 9.35. The molecular weight excluding hydrogens is 437 g/mol. The van der Waals surface area contributed by atoms with Crippen molar-refractivity contribution in [1.82, 2.24) is 10.2 Å². The predicted molar refractivity (Wildman–Crippen MR) is 108 cm³/mol. The van der Waals surface area contributed by atoms with Crippen LogP contribution >= 0.6 is 11.3 Å². The quantitative estimate of drug-likeness (QED) is 0.532. The second kappa shape index (κ2) is 9.33. The van der Waals surface area contributed by atoms with Crippen LogP contribution in [0, 0.1) is 10.1 Å². The van der Waals surface area contributed by atoms with Gasteiger partial charge in [-0.3, -0.25) is 19.7 Å². The number of thiophene rings is 1. The van der Waals surface area contributed by atoms with E-state index in [9.17, 15) is 32.9 Å². The number of nitro benzene ring substituents is 1. The second-order valence-electron chi connectivity index (χ2n) is 6.84. The average molecular weight is 456 g/mol. The molecule has 0 bridgehead atoms. The van der Waals surface area contributed by atoms with Crippen molar-refractivity contribution in [1.29, 1.82) is 0 Å². The van der Waals surface area contributed by atoms with Crippen molar-refractivity contribution in [2.45, 2.75) is 12.6 Å². The molecule has 1 aliphatic heterocycles. The van der Waals surface area contributed by atoms with Crippen LogP contribution in [0.2, 0.25) is 0 Å². The lowest BCUT2D eigenvalue weighted by Crippen LogP contribution is -2.49. The van der Waals surface area contributed by atoms with E-state index in [1.807, 2.05) is 0 Å². The van der Waals surface area contributed by atoms with E-state index in [1.54, 1.807) is 26.6 Å². The highest BCUT2D eigenvalue weighted by Gasteiger charge is 2.34. The molecule has 2 heterocycles. The van der Waals surface area contributed by atoms with Crippen molar-refractivity contribution in [2.24, 2.45) is 0 Å². The second-order valence-corrected chi connectivity index (χ2v) is 7.62. The number of hydrogen-bond acceptors (Lipinski definition) is 6. The molecule has 1 N–H and O–H groups in total.